The number of amides is 2. The lowest BCUT2D eigenvalue weighted by molar-refractivity contribution is -0.137. The molecule has 1 aromatic heterocycles. The highest BCUT2D eigenvalue weighted by molar-refractivity contribution is 5.74. The van der Waals surface area contributed by atoms with Crippen molar-refractivity contribution in [3.8, 4) is 0 Å². The summed E-state index contributed by atoms with van der Waals surface area (Å²) < 4.78 is 1.71. The van der Waals surface area contributed by atoms with Gasteiger partial charge in [-0.25, -0.2) is 4.79 Å². The van der Waals surface area contributed by atoms with Crippen molar-refractivity contribution in [1.29, 1.82) is 0 Å². The maximum absolute atomic E-state index is 11.4. The molecule has 1 unspecified atom stereocenters. The summed E-state index contributed by atoms with van der Waals surface area (Å²) >= 11 is 0. The van der Waals surface area contributed by atoms with Crippen LogP contribution in [0.25, 0.3) is 0 Å². The van der Waals surface area contributed by atoms with E-state index < -0.39 is 5.97 Å². The number of carboxylic acid groups (broad SMARTS) is 1. The lowest BCUT2D eigenvalue weighted by Gasteiger charge is -2.11. The van der Waals surface area contributed by atoms with Crippen LogP contribution in [0.15, 0.2) is 12.4 Å². The Morgan fingerprint density at radius 2 is 2.21 bits per heavy atom. The molecular weight excluding hydrogens is 248 g/mol. The minimum Gasteiger partial charge on any atom is -0.481 e. The summed E-state index contributed by atoms with van der Waals surface area (Å²) in [6, 6.07) is -0.277. The van der Waals surface area contributed by atoms with Gasteiger partial charge in [0.2, 0.25) is 0 Å². The zero-order valence-corrected chi connectivity index (χ0v) is 11.2. The topological polar surface area (TPSA) is 96.3 Å². The zero-order valence-electron chi connectivity index (χ0n) is 11.2. The van der Waals surface area contributed by atoms with Gasteiger partial charge in [0.15, 0.2) is 0 Å². The number of urea groups is 1. The largest absolute Gasteiger partial charge is 0.481 e. The van der Waals surface area contributed by atoms with Crippen LogP contribution in [0.2, 0.25) is 0 Å². The molecule has 1 aromatic rings. The number of carbonyl (C=O) groups excluding carboxylic acids is 1. The standard InChI is InChI=1S/C12H20N4O3/c1-9(5-11(17)18)6-14-12(19)13-4-3-10-7-15-16(2)8-10/h7-9H,3-6H2,1-2H3,(H,17,18)(H2,13,14,19). The van der Waals surface area contributed by atoms with Crippen LogP contribution < -0.4 is 10.6 Å². The fraction of sp³-hybridized carbons (Fsp3) is 0.583. The van der Waals surface area contributed by atoms with Gasteiger partial charge in [-0.15, -0.1) is 0 Å². The van der Waals surface area contributed by atoms with E-state index in [1.807, 2.05) is 13.2 Å². The summed E-state index contributed by atoms with van der Waals surface area (Å²) in [5.74, 6) is -0.937. The summed E-state index contributed by atoms with van der Waals surface area (Å²) in [5, 5.41) is 18.0. The number of aryl methyl sites for hydroxylation is 1. The van der Waals surface area contributed by atoms with Gasteiger partial charge in [-0.1, -0.05) is 6.92 Å². The van der Waals surface area contributed by atoms with Gasteiger partial charge in [-0.05, 0) is 17.9 Å². The highest BCUT2D eigenvalue weighted by atomic mass is 16.4. The van der Waals surface area contributed by atoms with E-state index in [1.165, 1.54) is 0 Å². The van der Waals surface area contributed by atoms with Crippen LogP contribution in [-0.4, -0.2) is 40.0 Å². The van der Waals surface area contributed by atoms with E-state index in [0.29, 0.717) is 19.5 Å². The maximum Gasteiger partial charge on any atom is 0.314 e. The van der Waals surface area contributed by atoms with Crippen molar-refractivity contribution in [3.05, 3.63) is 18.0 Å². The molecule has 0 spiro atoms. The number of aromatic nitrogens is 2. The van der Waals surface area contributed by atoms with Crippen molar-refractivity contribution in [2.45, 2.75) is 19.8 Å². The molecule has 106 valence electrons. The molecule has 0 aliphatic carbocycles. The van der Waals surface area contributed by atoms with E-state index in [1.54, 1.807) is 17.8 Å². The van der Waals surface area contributed by atoms with Crippen molar-refractivity contribution in [3.63, 3.8) is 0 Å². The Hall–Kier alpha value is -2.05. The van der Waals surface area contributed by atoms with Gasteiger partial charge in [-0.3, -0.25) is 9.48 Å². The zero-order chi connectivity index (χ0) is 14.3. The van der Waals surface area contributed by atoms with Crippen LogP contribution in [-0.2, 0) is 18.3 Å². The summed E-state index contributed by atoms with van der Waals surface area (Å²) in [6.07, 6.45) is 4.42. The first kappa shape index (κ1) is 15.0. The van der Waals surface area contributed by atoms with Gasteiger partial charge >= 0.3 is 12.0 Å². The molecule has 0 saturated carbocycles. The van der Waals surface area contributed by atoms with Crippen molar-refractivity contribution >= 4 is 12.0 Å². The summed E-state index contributed by atoms with van der Waals surface area (Å²) in [4.78, 5) is 21.9. The second kappa shape index (κ2) is 7.40. The van der Waals surface area contributed by atoms with Gasteiger partial charge in [0.25, 0.3) is 0 Å². The number of carboxylic acids is 1. The summed E-state index contributed by atoms with van der Waals surface area (Å²) in [7, 11) is 1.84. The van der Waals surface area contributed by atoms with Gasteiger partial charge in [0.05, 0.1) is 6.20 Å². The summed E-state index contributed by atoms with van der Waals surface area (Å²) in [5.41, 5.74) is 1.06. The molecule has 19 heavy (non-hydrogen) atoms. The fourth-order valence-electron chi connectivity index (χ4n) is 1.62. The molecule has 0 saturated heterocycles. The number of carbonyl (C=O) groups is 2. The number of nitrogens with one attached hydrogen (secondary N) is 2. The van der Waals surface area contributed by atoms with Crippen molar-refractivity contribution in [2.24, 2.45) is 13.0 Å². The Kier molecular flexibility index (Phi) is 5.84. The predicted octanol–water partition coefficient (Wildman–Crippen LogP) is 0.373. The van der Waals surface area contributed by atoms with Crippen molar-refractivity contribution in [1.82, 2.24) is 20.4 Å². The molecule has 0 fully saturated rings. The van der Waals surface area contributed by atoms with E-state index in [0.717, 1.165) is 5.56 Å². The van der Waals surface area contributed by atoms with Gasteiger partial charge in [0, 0.05) is 32.8 Å². The van der Waals surface area contributed by atoms with Crippen LogP contribution in [0.3, 0.4) is 0 Å². The lowest BCUT2D eigenvalue weighted by Crippen LogP contribution is -2.39. The molecule has 0 aromatic carbocycles. The van der Waals surface area contributed by atoms with Crippen LogP contribution in [0, 0.1) is 5.92 Å². The quantitative estimate of drug-likeness (QED) is 0.665. The van der Waals surface area contributed by atoms with Crippen molar-refractivity contribution < 1.29 is 14.7 Å². The van der Waals surface area contributed by atoms with Crippen molar-refractivity contribution in [2.75, 3.05) is 13.1 Å². The minimum absolute atomic E-state index is 0.0516. The number of hydrogen-bond donors (Lipinski definition) is 3. The highest BCUT2D eigenvalue weighted by Crippen LogP contribution is 1.99. The first-order valence-corrected chi connectivity index (χ1v) is 6.18. The molecule has 2 amide bonds. The smallest absolute Gasteiger partial charge is 0.314 e. The molecule has 1 heterocycles. The second-order valence-electron chi connectivity index (χ2n) is 4.61. The predicted molar refractivity (Wildman–Crippen MR) is 69.7 cm³/mol. The Balaban J connectivity index is 2.12. The number of hydrogen-bond acceptors (Lipinski definition) is 3. The molecule has 7 nitrogen and oxygen atoms in total. The Labute approximate surface area is 112 Å². The van der Waals surface area contributed by atoms with Crippen LogP contribution in [0.1, 0.15) is 18.9 Å². The second-order valence-corrected chi connectivity index (χ2v) is 4.61. The number of nitrogens with zero attached hydrogens (tertiary/aromatic N) is 2. The van der Waals surface area contributed by atoms with Gasteiger partial charge in [-0.2, -0.15) is 5.10 Å². The third-order valence-electron chi connectivity index (χ3n) is 2.59. The van der Waals surface area contributed by atoms with Gasteiger partial charge < -0.3 is 15.7 Å². The Morgan fingerprint density at radius 3 is 2.79 bits per heavy atom. The molecule has 7 heteroatoms. The monoisotopic (exact) mass is 268 g/mol. The molecule has 0 aliphatic heterocycles. The molecule has 0 radical (unpaired) electrons. The van der Waals surface area contributed by atoms with E-state index in [2.05, 4.69) is 15.7 Å². The molecule has 0 bridgehead atoms. The van der Waals surface area contributed by atoms with E-state index in [-0.39, 0.29) is 18.4 Å². The fourth-order valence-corrected chi connectivity index (χ4v) is 1.62. The Morgan fingerprint density at radius 1 is 1.47 bits per heavy atom. The van der Waals surface area contributed by atoms with E-state index in [4.69, 9.17) is 5.11 Å². The first-order chi connectivity index (χ1) is 8.97. The van der Waals surface area contributed by atoms with Crippen LogP contribution in [0.4, 0.5) is 4.79 Å². The normalized spacial score (nSPS) is 11.9. The lowest BCUT2D eigenvalue weighted by atomic mass is 10.1. The average Bonchev–Trinajstić information content (AvgIpc) is 2.71. The van der Waals surface area contributed by atoms with E-state index in [9.17, 15) is 9.59 Å². The molecule has 0 aliphatic rings. The average molecular weight is 268 g/mol. The van der Waals surface area contributed by atoms with Crippen LogP contribution in [0.5, 0.6) is 0 Å². The maximum atomic E-state index is 11.4. The van der Waals surface area contributed by atoms with Gasteiger partial charge in [0.1, 0.15) is 0 Å². The third kappa shape index (κ3) is 6.44. The molecule has 1 atom stereocenters. The number of aliphatic carboxylic acids is 1. The highest BCUT2D eigenvalue weighted by Gasteiger charge is 2.08. The third-order valence-corrected chi connectivity index (χ3v) is 2.59. The summed E-state index contributed by atoms with van der Waals surface area (Å²) in [6.45, 7) is 2.65. The molecular formula is C12H20N4O3. The molecule has 3 N–H and O–H groups in total. The minimum atomic E-state index is -0.855. The first-order valence-electron chi connectivity index (χ1n) is 6.18. The molecule has 1 rings (SSSR count). The van der Waals surface area contributed by atoms with Crippen LogP contribution >= 0.6 is 0 Å². The van der Waals surface area contributed by atoms with E-state index >= 15 is 0 Å². The number of rotatable bonds is 7. The SMILES string of the molecule is CC(CNC(=O)NCCc1cnn(C)c1)CC(=O)O. The Bertz CT molecular complexity index is 430.